The molecule has 1 aromatic heterocycles. The predicted molar refractivity (Wildman–Crippen MR) is 82.3 cm³/mol. The molecular weight excluding hydrogens is 246 g/mol. The number of aryl methyl sites for hydroxylation is 2. The third-order valence-electron chi connectivity index (χ3n) is 4.01. The van der Waals surface area contributed by atoms with E-state index in [1.54, 1.807) is 0 Å². The summed E-state index contributed by atoms with van der Waals surface area (Å²) in [6, 6.07) is 8.89. The van der Waals surface area contributed by atoms with Crippen LogP contribution in [-0.2, 0) is 25.8 Å². The summed E-state index contributed by atoms with van der Waals surface area (Å²) in [5.74, 6) is 1.22. The summed E-state index contributed by atoms with van der Waals surface area (Å²) >= 11 is 0. The van der Waals surface area contributed by atoms with Crippen molar-refractivity contribution in [2.24, 2.45) is 0 Å². The predicted octanol–water partition coefficient (Wildman–Crippen LogP) is 3.03. The zero-order valence-corrected chi connectivity index (χ0v) is 12.4. The molecule has 1 aliphatic heterocycles. The van der Waals surface area contributed by atoms with E-state index < -0.39 is 0 Å². The van der Waals surface area contributed by atoms with E-state index in [0.29, 0.717) is 0 Å². The second-order valence-electron chi connectivity index (χ2n) is 5.46. The lowest BCUT2D eigenvalue weighted by atomic mass is 10.1. The first kappa shape index (κ1) is 13.4. The molecule has 3 rings (SSSR count). The van der Waals surface area contributed by atoms with Crippen molar-refractivity contribution in [3.63, 3.8) is 0 Å². The van der Waals surface area contributed by atoms with Gasteiger partial charge in [-0.25, -0.2) is 4.98 Å². The molecule has 0 bridgehead atoms. The van der Waals surface area contributed by atoms with Gasteiger partial charge in [0, 0.05) is 37.3 Å². The molecule has 0 fully saturated rings. The molecule has 0 spiro atoms. The number of imidazole rings is 1. The summed E-state index contributed by atoms with van der Waals surface area (Å²) < 4.78 is 2.40. The van der Waals surface area contributed by atoms with Crippen LogP contribution in [0.3, 0.4) is 0 Å². The highest BCUT2D eigenvalue weighted by Crippen LogP contribution is 2.23. The van der Waals surface area contributed by atoms with Gasteiger partial charge < -0.3 is 9.88 Å². The number of nitrogens with one attached hydrogen (secondary N) is 1. The molecule has 0 saturated heterocycles. The second-order valence-corrected chi connectivity index (χ2v) is 5.46. The Kier molecular flexibility index (Phi) is 3.88. The first-order valence-corrected chi connectivity index (χ1v) is 7.72. The fraction of sp³-hybridized carbons (Fsp3) is 0.471. The Hall–Kier alpha value is -1.61. The number of hydrogen-bond acceptors (Lipinski definition) is 2. The molecule has 3 heteroatoms. The lowest BCUT2D eigenvalue weighted by Gasteiger charge is -2.17. The summed E-state index contributed by atoms with van der Waals surface area (Å²) in [5, 5.41) is 3.42. The molecule has 0 atom stereocenters. The number of fused-ring (bicyclic) bond motifs is 1. The first-order valence-electron chi connectivity index (χ1n) is 7.72. The molecule has 1 aromatic carbocycles. The molecule has 106 valence electrons. The van der Waals surface area contributed by atoms with Crippen molar-refractivity contribution in [1.82, 2.24) is 14.9 Å². The van der Waals surface area contributed by atoms with Gasteiger partial charge in [-0.2, -0.15) is 0 Å². The molecular formula is C17H23N3. The molecule has 20 heavy (non-hydrogen) atoms. The van der Waals surface area contributed by atoms with E-state index in [-0.39, 0.29) is 0 Å². The smallest absolute Gasteiger partial charge is 0.113 e. The Morgan fingerprint density at radius 3 is 3.00 bits per heavy atom. The fourth-order valence-corrected chi connectivity index (χ4v) is 2.98. The van der Waals surface area contributed by atoms with Crippen molar-refractivity contribution in [3.05, 3.63) is 47.0 Å². The van der Waals surface area contributed by atoms with Crippen LogP contribution in [0.15, 0.2) is 24.3 Å². The molecule has 0 amide bonds. The van der Waals surface area contributed by atoms with Gasteiger partial charge in [-0.3, -0.25) is 0 Å². The van der Waals surface area contributed by atoms with Crippen LogP contribution in [0.5, 0.6) is 0 Å². The monoisotopic (exact) mass is 269 g/mol. The lowest BCUT2D eigenvalue weighted by Crippen LogP contribution is -2.24. The van der Waals surface area contributed by atoms with Gasteiger partial charge in [-0.1, -0.05) is 26.0 Å². The van der Waals surface area contributed by atoms with Gasteiger partial charge in [0.25, 0.3) is 0 Å². The zero-order chi connectivity index (χ0) is 13.9. The maximum absolute atomic E-state index is 4.87. The normalized spacial score (nSPS) is 14.3. The summed E-state index contributed by atoms with van der Waals surface area (Å²) in [4.78, 5) is 4.87. The standard InChI is InChI=1S/C17H23N3/c1-3-6-17-19-15-12-18-10-9-16(15)20(17)14-8-5-7-13(4-2)11-14/h5,7-8,11,18H,3-4,6,9-10,12H2,1-2H3. The molecule has 1 aliphatic rings. The van der Waals surface area contributed by atoms with Crippen LogP contribution in [-0.4, -0.2) is 16.1 Å². The molecule has 0 saturated carbocycles. The van der Waals surface area contributed by atoms with Gasteiger partial charge in [0.2, 0.25) is 0 Å². The van der Waals surface area contributed by atoms with E-state index in [1.807, 2.05) is 0 Å². The van der Waals surface area contributed by atoms with Gasteiger partial charge in [0.15, 0.2) is 0 Å². The quantitative estimate of drug-likeness (QED) is 0.924. The molecule has 1 N–H and O–H groups in total. The third kappa shape index (κ3) is 2.38. The first-order chi connectivity index (χ1) is 9.83. The number of hydrogen-bond donors (Lipinski definition) is 1. The number of benzene rings is 1. The van der Waals surface area contributed by atoms with E-state index in [9.17, 15) is 0 Å². The Balaban J connectivity index is 2.12. The Morgan fingerprint density at radius 1 is 1.30 bits per heavy atom. The van der Waals surface area contributed by atoms with Crippen LogP contribution < -0.4 is 5.32 Å². The van der Waals surface area contributed by atoms with Crippen molar-refractivity contribution in [1.29, 1.82) is 0 Å². The average Bonchev–Trinajstić information content (AvgIpc) is 2.85. The van der Waals surface area contributed by atoms with Gasteiger partial charge in [-0.05, 0) is 30.5 Å². The minimum Gasteiger partial charge on any atom is -0.311 e. The van der Waals surface area contributed by atoms with Crippen molar-refractivity contribution in [2.45, 2.75) is 46.1 Å². The van der Waals surface area contributed by atoms with Crippen molar-refractivity contribution in [3.8, 4) is 5.69 Å². The van der Waals surface area contributed by atoms with E-state index in [1.165, 1.54) is 28.5 Å². The average molecular weight is 269 g/mol. The fourth-order valence-electron chi connectivity index (χ4n) is 2.98. The van der Waals surface area contributed by atoms with E-state index in [4.69, 9.17) is 4.98 Å². The summed E-state index contributed by atoms with van der Waals surface area (Å²) in [6.07, 6.45) is 4.33. The zero-order valence-electron chi connectivity index (χ0n) is 12.4. The summed E-state index contributed by atoms with van der Waals surface area (Å²) in [6.45, 7) is 6.39. The Bertz CT molecular complexity index is 598. The molecule has 2 aromatic rings. The molecule has 3 nitrogen and oxygen atoms in total. The number of nitrogens with zero attached hydrogens (tertiary/aromatic N) is 2. The van der Waals surface area contributed by atoms with Crippen LogP contribution in [0.25, 0.3) is 5.69 Å². The second kappa shape index (κ2) is 5.80. The minimum atomic E-state index is 0.909. The molecule has 2 heterocycles. The maximum atomic E-state index is 4.87. The van der Waals surface area contributed by atoms with Crippen LogP contribution in [0.1, 0.15) is 43.0 Å². The Labute approximate surface area is 121 Å². The van der Waals surface area contributed by atoms with Crippen molar-refractivity contribution in [2.75, 3.05) is 6.54 Å². The Morgan fingerprint density at radius 2 is 2.20 bits per heavy atom. The van der Waals surface area contributed by atoms with Crippen molar-refractivity contribution < 1.29 is 0 Å². The molecule has 0 aliphatic carbocycles. The minimum absolute atomic E-state index is 0.909. The van der Waals surface area contributed by atoms with E-state index >= 15 is 0 Å². The van der Waals surface area contributed by atoms with Crippen LogP contribution in [0, 0.1) is 0 Å². The highest BCUT2D eigenvalue weighted by Gasteiger charge is 2.20. The third-order valence-corrected chi connectivity index (χ3v) is 4.01. The maximum Gasteiger partial charge on any atom is 0.113 e. The van der Waals surface area contributed by atoms with E-state index in [0.717, 1.165) is 38.8 Å². The SMILES string of the molecule is CCCc1nc2c(n1-c1cccc(CC)c1)CCNC2. The lowest BCUT2D eigenvalue weighted by molar-refractivity contribution is 0.619. The number of aromatic nitrogens is 2. The van der Waals surface area contributed by atoms with Crippen LogP contribution in [0.4, 0.5) is 0 Å². The van der Waals surface area contributed by atoms with Crippen molar-refractivity contribution >= 4 is 0 Å². The van der Waals surface area contributed by atoms with Crippen LogP contribution in [0.2, 0.25) is 0 Å². The topological polar surface area (TPSA) is 29.9 Å². The van der Waals surface area contributed by atoms with Crippen LogP contribution >= 0.6 is 0 Å². The highest BCUT2D eigenvalue weighted by atomic mass is 15.1. The summed E-state index contributed by atoms with van der Waals surface area (Å²) in [7, 11) is 0. The molecule has 0 unspecified atom stereocenters. The van der Waals surface area contributed by atoms with Gasteiger partial charge in [0.05, 0.1) is 5.69 Å². The summed E-state index contributed by atoms with van der Waals surface area (Å²) in [5.41, 5.74) is 5.31. The van der Waals surface area contributed by atoms with E-state index in [2.05, 4.69) is 48.0 Å². The van der Waals surface area contributed by atoms with Gasteiger partial charge in [0.1, 0.15) is 5.82 Å². The van der Waals surface area contributed by atoms with Gasteiger partial charge >= 0.3 is 0 Å². The largest absolute Gasteiger partial charge is 0.311 e. The van der Waals surface area contributed by atoms with Gasteiger partial charge in [-0.15, -0.1) is 0 Å². The number of rotatable bonds is 4. The highest BCUT2D eigenvalue weighted by molar-refractivity contribution is 5.41. The molecule has 0 radical (unpaired) electrons.